The highest BCUT2D eigenvalue weighted by molar-refractivity contribution is 9.10. The van der Waals surface area contributed by atoms with Crippen LogP contribution in [0.2, 0.25) is 0 Å². The molecule has 0 saturated heterocycles. The molecule has 1 rings (SSSR count). The maximum absolute atomic E-state index is 12.1. The first-order chi connectivity index (χ1) is 10.1. The van der Waals surface area contributed by atoms with Crippen molar-refractivity contribution < 1.29 is 22.7 Å². The second-order valence-corrected chi connectivity index (χ2v) is 7.37. The molecule has 1 atom stereocenters. The maximum Gasteiger partial charge on any atom is 0.340 e. The Morgan fingerprint density at radius 1 is 1.32 bits per heavy atom. The smallest absolute Gasteiger partial charge is 0.340 e. The third kappa shape index (κ3) is 4.28. The summed E-state index contributed by atoms with van der Waals surface area (Å²) in [6.45, 7) is 1.45. The van der Waals surface area contributed by atoms with E-state index in [0.29, 0.717) is 4.47 Å². The predicted octanol–water partition coefficient (Wildman–Crippen LogP) is 0.991. The number of nitrogens with one attached hydrogen (secondary N) is 1. The van der Waals surface area contributed by atoms with Gasteiger partial charge in [0.1, 0.15) is 0 Å². The number of benzene rings is 1. The van der Waals surface area contributed by atoms with Gasteiger partial charge in [-0.15, -0.1) is 0 Å². The van der Waals surface area contributed by atoms with Crippen LogP contribution in [0.25, 0.3) is 0 Å². The molecule has 9 heteroatoms. The molecule has 0 unspecified atom stereocenters. The molecule has 0 bridgehead atoms. The van der Waals surface area contributed by atoms with E-state index < -0.39 is 22.1 Å². The van der Waals surface area contributed by atoms with Gasteiger partial charge in [0.2, 0.25) is 10.0 Å². The molecule has 1 aromatic carbocycles. The number of carbonyl (C=O) groups is 2. The standard InChI is InChI=1S/C13H17BrN2O5S/c1-8(12(17)16(3)4)21-13(18)10-7-9(5-6-11(10)14)22(19,20)15-2/h5-8,15H,1-4H3/t8-/m0/s1. The van der Waals surface area contributed by atoms with E-state index in [9.17, 15) is 18.0 Å². The van der Waals surface area contributed by atoms with Gasteiger partial charge in [0.15, 0.2) is 6.10 Å². The Balaban J connectivity index is 3.09. The highest BCUT2D eigenvalue weighted by atomic mass is 79.9. The Labute approximate surface area is 137 Å². The fourth-order valence-electron chi connectivity index (χ4n) is 1.58. The van der Waals surface area contributed by atoms with Crippen LogP contribution in [0, 0.1) is 0 Å². The molecular formula is C13H17BrN2O5S. The lowest BCUT2D eigenvalue weighted by atomic mass is 10.2. The molecule has 0 radical (unpaired) electrons. The molecule has 0 fully saturated rings. The summed E-state index contributed by atoms with van der Waals surface area (Å²) < 4.78 is 31.1. The second-order valence-electron chi connectivity index (χ2n) is 4.63. The number of carbonyl (C=O) groups excluding carboxylic acids is 2. The molecule has 1 N–H and O–H groups in total. The number of rotatable bonds is 5. The number of esters is 1. The van der Waals surface area contributed by atoms with Gasteiger partial charge in [-0.2, -0.15) is 0 Å². The number of hydrogen-bond donors (Lipinski definition) is 1. The zero-order valence-corrected chi connectivity index (χ0v) is 15.0. The summed E-state index contributed by atoms with van der Waals surface area (Å²) in [6, 6.07) is 3.96. The van der Waals surface area contributed by atoms with Gasteiger partial charge in [0.05, 0.1) is 10.5 Å². The summed E-state index contributed by atoms with van der Waals surface area (Å²) in [6.07, 6.45) is -0.973. The summed E-state index contributed by atoms with van der Waals surface area (Å²) in [5.41, 5.74) is 0.0229. The van der Waals surface area contributed by atoms with Crippen LogP contribution in [-0.4, -0.2) is 52.4 Å². The van der Waals surface area contributed by atoms with E-state index >= 15 is 0 Å². The van der Waals surface area contributed by atoms with Crippen LogP contribution >= 0.6 is 15.9 Å². The number of nitrogens with zero attached hydrogens (tertiary/aromatic N) is 1. The molecule has 22 heavy (non-hydrogen) atoms. The largest absolute Gasteiger partial charge is 0.449 e. The van der Waals surface area contributed by atoms with E-state index in [2.05, 4.69) is 20.7 Å². The minimum Gasteiger partial charge on any atom is -0.449 e. The van der Waals surface area contributed by atoms with Crippen LogP contribution < -0.4 is 4.72 Å². The molecule has 1 aromatic rings. The average Bonchev–Trinajstić information content (AvgIpc) is 2.46. The van der Waals surface area contributed by atoms with Gasteiger partial charge in [0.25, 0.3) is 5.91 Å². The number of amides is 1. The first-order valence-electron chi connectivity index (χ1n) is 6.25. The van der Waals surface area contributed by atoms with Gasteiger partial charge >= 0.3 is 5.97 Å². The number of likely N-dealkylation sites (N-methyl/N-ethyl adjacent to an activating group) is 1. The van der Waals surface area contributed by atoms with Crippen molar-refractivity contribution in [2.45, 2.75) is 17.9 Å². The van der Waals surface area contributed by atoms with Crippen molar-refractivity contribution in [3.8, 4) is 0 Å². The van der Waals surface area contributed by atoms with Gasteiger partial charge in [-0.3, -0.25) is 4.79 Å². The van der Waals surface area contributed by atoms with Crippen LogP contribution in [0.3, 0.4) is 0 Å². The zero-order chi connectivity index (χ0) is 17.1. The van der Waals surface area contributed by atoms with E-state index in [4.69, 9.17) is 4.74 Å². The molecule has 0 spiro atoms. The molecule has 0 saturated carbocycles. The van der Waals surface area contributed by atoms with Crippen molar-refractivity contribution in [1.29, 1.82) is 0 Å². The van der Waals surface area contributed by atoms with Gasteiger partial charge in [-0.1, -0.05) is 0 Å². The average molecular weight is 393 g/mol. The minimum atomic E-state index is -3.68. The fourth-order valence-corrected chi connectivity index (χ4v) is 2.75. The molecule has 0 aromatic heterocycles. The van der Waals surface area contributed by atoms with Crippen LogP contribution in [-0.2, 0) is 19.6 Å². The van der Waals surface area contributed by atoms with Crippen LogP contribution in [0.15, 0.2) is 27.6 Å². The van der Waals surface area contributed by atoms with Gasteiger partial charge in [-0.25, -0.2) is 17.9 Å². The monoisotopic (exact) mass is 392 g/mol. The molecule has 0 heterocycles. The Hall–Kier alpha value is -1.45. The Kier molecular flexibility index (Phi) is 6.09. The van der Waals surface area contributed by atoms with E-state index in [1.165, 1.54) is 37.1 Å². The SMILES string of the molecule is CNS(=O)(=O)c1ccc(Br)c(C(=O)O[C@@H](C)C(=O)N(C)C)c1. The van der Waals surface area contributed by atoms with Crippen molar-refractivity contribution in [2.24, 2.45) is 0 Å². The lowest BCUT2D eigenvalue weighted by molar-refractivity contribution is -0.137. The van der Waals surface area contributed by atoms with E-state index in [-0.39, 0.29) is 16.4 Å². The number of halogens is 1. The lowest BCUT2D eigenvalue weighted by Gasteiger charge is -2.17. The number of sulfonamides is 1. The Bertz CT molecular complexity index is 688. The van der Waals surface area contributed by atoms with Crippen LogP contribution in [0.5, 0.6) is 0 Å². The third-order valence-corrected chi connectivity index (χ3v) is 4.91. The van der Waals surface area contributed by atoms with E-state index in [1.807, 2.05) is 0 Å². The molecule has 0 aliphatic heterocycles. The molecule has 122 valence electrons. The minimum absolute atomic E-state index is 0.0229. The molecular weight excluding hydrogens is 376 g/mol. The van der Waals surface area contributed by atoms with Crippen molar-refractivity contribution >= 4 is 37.8 Å². The fraction of sp³-hybridized carbons (Fsp3) is 0.385. The van der Waals surface area contributed by atoms with E-state index in [1.54, 1.807) is 14.1 Å². The topological polar surface area (TPSA) is 92.8 Å². The zero-order valence-electron chi connectivity index (χ0n) is 12.6. The number of hydrogen-bond acceptors (Lipinski definition) is 5. The van der Waals surface area contributed by atoms with E-state index in [0.717, 1.165) is 0 Å². The third-order valence-electron chi connectivity index (χ3n) is 2.81. The van der Waals surface area contributed by atoms with Crippen molar-refractivity contribution in [2.75, 3.05) is 21.1 Å². The van der Waals surface area contributed by atoms with Crippen LogP contribution in [0.1, 0.15) is 17.3 Å². The molecule has 1 amide bonds. The molecule has 7 nitrogen and oxygen atoms in total. The van der Waals surface area contributed by atoms with Crippen molar-refractivity contribution in [3.05, 3.63) is 28.2 Å². The molecule has 0 aliphatic rings. The quantitative estimate of drug-likeness (QED) is 0.754. The summed E-state index contributed by atoms with van der Waals surface area (Å²) in [5, 5.41) is 0. The summed E-state index contributed by atoms with van der Waals surface area (Å²) >= 11 is 3.16. The normalized spacial score (nSPS) is 12.6. The maximum atomic E-state index is 12.1. The van der Waals surface area contributed by atoms with Crippen molar-refractivity contribution in [3.63, 3.8) is 0 Å². The lowest BCUT2D eigenvalue weighted by Crippen LogP contribution is -2.35. The van der Waals surface area contributed by atoms with Crippen LogP contribution in [0.4, 0.5) is 0 Å². The molecule has 0 aliphatic carbocycles. The number of ether oxygens (including phenoxy) is 1. The van der Waals surface area contributed by atoms with Gasteiger partial charge in [-0.05, 0) is 48.1 Å². The summed E-state index contributed by atoms with van der Waals surface area (Å²) in [4.78, 5) is 25.1. The highest BCUT2D eigenvalue weighted by Crippen LogP contribution is 2.22. The summed E-state index contributed by atoms with van der Waals surface area (Å²) in [5.74, 6) is -1.16. The Morgan fingerprint density at radius 3 is 2.41 bits per heavy atom. The van der Waals surface area contributed by atoms with Gasteiger partial charge < -0.3 is 9.64 Å². The van der Waals surface area contributed by atoms with Crippen molar-refractivity contribution in [1.82, 2.24) is 9.62 Å². The first kappa shape index (κ1) is 18.6. The Morgan fingerprint density at radius 2 is 1.91 bits per heavy atom. The van der Waals surface area contributed by atoms with Gasteiger partial charge in [0, 0.05) is 18.6 Å². The highest BCUT2D eigenvalue weighted by Gasteiger charge is 2.23. The predicted molar refractivity (Wildman–Crippen MR) is 84.0 cm³/mol. The summed E-state index contributed by atoms with van der Waals surface area (Å²) in [7, 11) is 0.677. The first-order valence-corrected chi connectivity index (χ1v) is 8.53. The second kappa shape index (κ2) is 7.21.